The molecule has 11 nitrogen and oxygen atoms in total. The summed E-state index contributed by atoms with van der Waals surface area (Å²) in [7, 11) is 1.48. The molecule has 3 N–H and O–H groups in total. The van der Waals surface area contributed by atoms with Gasteiger partial charge in [-0.3, -0.25) is 19.6 Å². The number of unbranched alkanes of at least 4 members (excludes halogenated alkanes) is 3. The molecule has 0 radical (unpaired) electrons. The Balaban J connectivity index is 1.76. The number of aliphatic carboxylic acids is 1. The van der Waals surface area contributed by atoms with E-state index in [0.717, 1.165) is 12.8 Å². The van der Waals surface area contributed by atoms with E-state index in [1.54, 1.807) is 69.4 Å². The van der Waals surface area contributed by atoms with Crippen LogP contribution in [0.25, 0.3) is 11.4 Å². The number of rotatable bonds is 12. The summed E-state index contributed by atoms with van der Waals surface area (Å²) in [4.78, 5) is 42.7. The summed E-state index contributed by atoms with van der Waals surface area (Å²) in [6.07, 6.45) is 3.99. The number of carboxylic acids is 1. The summed E-state index contributed by atoms with van der Waals surface area (Å²) in [6, 6.07) is 11.9. The maximum absolute atomic E-state index is 13.0. The number of aromatic amines is 1. The van der Waals surface area contributed by atoms with E-state index >= 15 is 0 Å². The number of ether oxygens (including phenoxy) is 2. The molecule has 2 heterocycles. The summed E-state index contributed by atoms with van der Waals surface area (Å²) >= 11 is 0. The molecule has 0 aliphatic carbocycles. The maximum atomic E-state index is 13.0. The number of aromatic nitrogens is 3. The Morgan fingerprint density at radius 1 is 1.05 bits per heavy atom. The first-order chi connectivity index (χ1) is 18.6. The van der Waals surface area contributed by atoms with Gasteiger partial charge in [0.1, 0.15) is 17.0 Å². The summed E-state index contributed by atoms with van der Waals surface area (Å²) in [5.74, 6) is -0.876. The van der Waals surface area contributed by atoms with Crippen molar-refractivity contribution in [2.45, 2.75) is 58.5 Å². The largest absolute Gasteiger partial charge is 0.494 e. The number of nitrogens with one attached hydrogen (secondary N) is 2. The second-order valence-corrected chi connectivity index (χ2v) is 9.91. The number of carbonyl (C=O) groups is 3. The zero-order chi connectivity index (χ0) is 28.4. The lowest BCUT2D eigenvalue weighted by Crippen LogP contribution is -2.37. The number of nitrogens with zero attached hydrogens (tertiary/aromatic N) is 3. The summed E-state index contributed by atoms with van der Waals surface area (Å²) in [5.41, 5.74) is 1.76. The number of benzene rings is 1. The first kappa shape index (κ1) is 29.2. The van der Waals surface area contributed by atoms with Gasteiger partial charge in [-0.25, -0.2) is 9.78 Å². The monoisotopic (exact) mass is 537 g/mol. The lowest BCUT2D eigenvalue weighted by Gasteiger charge is -2.28. The molecule has 0 saturated heterocycles. The van der Waals surface area contributed by atoms with E-state index in [-0.39, 0.29) is 12.1 Å². The van der Waals surface area contributed by atoms with E-state index in [9.17, 15) is 14.4 Å². The standard InChI is InChI=1S/C28H35N5O6/c1-28(2,3)39-27(37)33(17-8-6-5-7-12-25(34)35)19-13-14-22(24(18-19)38-4)31-26(36)23-11-9-10-20(30-23)21-15-16-29-32-21/h9-11,13-16,18H,5-8,12,17H2,1-4H3,(H,29,32)(H,31,36)(H,34,35). The van der Waals surface area contributed by atoms with Crippen LogP contribution >= 0.6 is 0 Å². The van der Waals surface area contributed by atoms with Crippen molar-refractivity contribution in [3.05, 3.63) is 54.4 Å². The molecule has 3 rings (SSSR count). The third-order valence-corrected chi connectivity index (χ3v) is 5.64. The fourth-order valence-electron chi connectivity index (χ4n) is 3.79. The van der Waals surface area contributed by atoms with Gasteiger partial charge in [0.25, 0.3) is 5.91 Å². The molecule has 0 atom stereocenters. The summed E-state index contributed by atoms with van der Waals surface area (Å²) in [6.45, 7) is 5.76. The van der Waals surface area contributed by atoms with Crippen molar-refractivity contribution in [3.63, 3.8) is 0 Å². The van der Waals surface area contributed by atoms with E-state index in [2.05, 4.69) is 20.5 Å². The Morgan fingerprint density at radius 3 is 2.49 bits per heavy atom. The van der Waals surface area contributed by atoms with Gasteiger partial charge in [-0.15, -0.1) is 0 Å². The Kier molecular flexibility index (Phi) is 10.0. The predicted molar refractivity (Wildman–Crippen MR) is 147 cm³/mol. The molecule has 0 saturated carbocycles. The Morgan fingerprint density at radius 2 is 1.82 bits per heavy atom. The van der Waals surface area contributed by atoms with Crippen LogP contribution in [0.15, 0.2) is 48.7 Å². The van der Waals surface area contributed by atoms with Gasteiger partial charge in [-0.05, 0) is 63.9 Å². The van der Waals surface area contributed by atoms with Crippen molar-refractivity contribution < 1.29 is 29.0 Å². The van der Waals surface area contributed by atoms with Crippen molar-refractivity contribution in [2.24, 2.45) is 0 Å². The highest BCUT2D eigenvalue weighted by atomic mass is 16.6. The van der Waals surface area contributed by atoms with Crippen molar-refractivity contribution >= 4 is 29.3 Å². The maximum Gasteiger partial charge on any atom is 0.414 e. The van der Waals surface area contributed by atoms with Crippen LogP contribution in [0.4, 0.5) is 16.2 Å². The van der Waals surface area contributed by atoms with E-state index in [1.165, 1.54) is 12.0 Å². The Hall–Kier alpha value is -4.41. The molecule has 2 aromatic heterocycles. The SMILES string of the molecule is COc1cc(N(CCCCCCC(=O)O)C(=O)OC(C)(C)C)ccc1NC(=O)c1cccc(-c2ccn[nH]2)n1. The molecule has 3 aromatic rings. The Bertz CT molecular complexity index is 1270. The molecule has 0 unspecified atom stereocenters. The Labute approximate surface area is 227 Å². The molecule has 0 aliphatic heterocycles. The van der Waals surface area contributed by atoms with Crippen LogP contribution in [-0.2, 0) is 9.53 Å². The molecule has 11 heteroatoms. The van der Waals surface area contributed by atoms with Gasteiger partial charge < -0.3 is 19.9 Å². The number of hydrogen-bond donors (Lipinski definition) is 3. The van der Waals surface area contributed by atoms with Crippen LogP contribution in [0.3, 0.4) is 0 Å². The average Bonchev–Trinajstić information content (AvgIpc) is 3.43. The van der Waals surface area contributed by atoms with Crippen molar-refractivity contribution in [2.75, 3.05) is 23.9 Å². The first-order valence-electron chi connectivity index (χ1n) is 12.8. The minimum atomic E-state index is -0.814. The van der Waals surface area contributed by atoms with Gasteiger partial charge in [0, 0.05) is 25.2 Å². The second kappa shape index (κ2) is 13.4. The molecule has 0 spiro atoms. The fourth-order valence-corrected chi connectivity index (χ4v) is 3.79. The predicted octanol–water partition coefficient (Wildman–Crippen LogP) is 5.51. The molecule has 0 aliphatic rings. The number of hydrogen-bond acceptors (Lipinski definition) is 7. The molecule has 2 amide bonds. The van der Waals surface area contributed by atoms with Crippen LogP contribution in [0.5, 0.6) is 5.75 Å². The third-order valence-electron chi connectivity index (χ3n) is 5.64. The number of pyridine rings is 1. The molecule has 0 fully saturated rings. The number of amides is 2. The zero-order valence-corrected chi connectivity index (χ0v) is 22.7. The minimum Gasteiger partial charge on any atom is -0.494 e. The quantitative estimate of drug-likeness (QED) is 0.256. The zero-order valence-electron chi connectivity index (χ0n) is 22.7. The minimum absolute atomic E-state index is 0.128. The normalized spacial score (nSPS) is 11.1. The van der Waals surface area contributed by atoms with Crippen LogP contribution < -0.4 is 15.0 Å². The number of methoxy groups -OCH3 is 1. The molecule has 1 aromatic carbocycles. The summed E-state index contributed by atoms with van der Waals surface area (Å²) in [5, 5.41) is 18.4. The summed E-state index contributed by atoms with van der Waals surface area (Å²) < 4.78 is 11.1. The van der Waals surface area contributed by atoms with Crippen molar-refractivity contribution in [1.29, 1.82) is 0 Å². The second-order valence-electron chi connectivity index (χ2n) is 9.91. The lowest BCUT2D eigenvalue weighted by molar-refractivity contribution is -0.137. The highest BCUT2D eigenvalue weighted by Crippen LogP contribution is 2.31. The van der Waals surface area contributed by atoms with E-state index in [1.807, 2.05) is 0 Å². The third kappa shape index (κ3) is 8.84. The first-order valence-corrected chi connectivity index (χ1v) is 12.8. The number of carboxylic acid groups (broad SMARTS) is 1. The van der Waals surface area contributed by atoms with E-state index in [0.29, 0.717) is 47.9 Å². The fraction of sp³-hybridized carbons (Fsp3) is 0.393. The van der Waals surface area contributed by atoms with Gasteiger partial charge in [0.05, 0.1) is 29.9 Å². The van der Waals surface area contributed by atoms with Crippen LogP contribution in [0.1, 0.15) is 63.4 Å². The van der Waals surface area contributed by atoms with Crippen molar-refractivity contribution in [1.82, 2.24) is 15.2 Å². The highest BCUT2D eigenvalue weighted by Gasteiger charge is 2.24. The molecule has 39 heavy (non-hydrogen) atoms. The average molecular weight is 538 g/mol. The molecular formula is C28H35N5O6. The van der Waals surface area contributed by atoms with Gasteiger partial charge >= 0.3 is 12.1 Å². The van der Waals surface area contributed by atoms with Gasteiger partial charge in [0.2, 0.25) is 0 Å². The lowest BCUT2D eigenvalue weighted by atomic mass is 10.1. The van der Waals surface area contributed by atoms with E-state index in [4.69, 9.17) is 14.6 Å². The van der Waals surface area contributed by atoms with Crippen LogP contribution in [-0.4, -0.2) is 57.5 Å². The number of H-pyrrole nitrogens is 1. The van der Waals surface area contributed by atoms with Crippen molar-refractivity contribution in [3.8, 4) is 17.1 Å². The number of anilines is 2. The molecular weight excluding hydrogens is 502 g/mol. The topological polar surface area (TPSA) is 147 Å². The van der Waals surface area contributed by atoms with Gasteiger partial charge in [-0.1, -0.05) is 18.9 Å². The van der Waals surface area contributed by atoms with Gasteiger partial charge in [0.15, 0.2) is 0 Å². The highest BCUT2D eigenvalue weighted by molar-refractivity contribution is 6.04. The smallest absolute Gasteiger partial charge is 0.414 e. The molecule has 0 bridgehead atoms. The van der Waals surface area contributed by atoms with Crippen LogP contribution in [0.2, 0.25) is 0 Å². The molecule has 208 valence electrons. The van der Waals surface area contributed by atoms with Gasteiger partial charge in [-0.2, -0.15) is 5.10 Å². The van der Waals surface area contributed by atoms with Crippen LogP contribution in [0, 0.1) is 0 Å². The van der Waals surface area contributed by atoms with E-state index < -0.39 is 23.6 Å². The number of carbonyl (C=O) groups excluding carboxylic acids is 2.